The summed E-state index contributed by atoms with van der Waals surface area (Å²) in [5.74, 6) is 0.440. The lowest BCUT2D eigenvalue weighted by atomic mass is 10.2. The number of carbonyl (C=O) groups excluding carboxylic acids is 1. The van der Waals surface area contributed by atoms with Gasteiger partial charge in [-0.1, -0.05) is 0 Å². The second-order valence-corrected chi connectivity index (χ2v) is 5.17. The summed E-state index contributed by atoms with van der Waals surface area (Å²) in [6.07, 6.45) is 3.01. The zero-order chi connectivity index (χ0) is 17.8. The smallest absolute Gasteiger partial charge is 0.258 e. The number of hydrogen-bond acceptors (Lipinski definition) is 4. The summed E-state index contributed by atoms with van der Waals surface area (Å²) >= 11 is 0. The topological polar surface area (TPSA) is 65.4 Å². The van der Waals surface area contributed by atoms with E-state index in [1.165, 1.54) is 30.1 Å². The maximum atomic E-state index is 13.0. The predicted octanol–water partition coefficient (Wildman–Crippen LogP) is 3.28. The number of halogens is 1. The Bertz CT molecular complexity index is 891. The highest BCUT2D eigenvalue weighted by Gasteiger charge is 2.13. The van der Waals surface area contributed by atoms with Crippen LogP contribution in [0.15, 0.2) is 54.9 Å². The third kappa shape index (κ3) is 3.60. The molecule has 0 saturated heterocycles. The number of aromatic nitrogens is 2. The van der Waals surface area contributed by atoms with Gasteiger partial charge in [-0.15, -0.1) is 0 Å². The fourth-order valence-electron chi connectivity index (χ4n) is 2.27. The van der Waals surface area contributed by atoms with Crippen molar-refractivity contribution in [3.63, 3.8) is 0 Å². The molecular formula is C18H16FN3O3. The van der Waals surface area contributed by atoms with E-state index >= 15 is 0 Å². The van der Waals surface area contributed by atoms with Crippen molar-refractivity contribution in [3.05, 3.63) is 66.2 Å². The zero-order valence-electron chi connectivity index (χ0n) is 13.7. The number of ether oxygens (including phenoxy) is 2. The number of nitrogens with one attached hydrogen (secondary N) is 1. The number of anilines is 1. The molecule has 3 aromatic rings. The molecule has 0 bridgehead atoms. The summed E-state index contributed by atoms with van der Waals surface area (Å²) in [6, 6.07) is 10.9. The van der Waals surface area contributed by atoms with Crippen LogP contribution in [0, 0.1) is 5.82 Å². The molecule has 128 valence electrons. The van der Waals surface area contributed by atoms with Crippen LogP contribution in [0.5, 0.6) is 11.5 Å². The predicted molar refractivity (Wildman–Crippen MR) is 91.0 cm³/mol. The standard InChI is InChI=1S/C18H16FN3O3/c1-24-15-7-8-16(17(9-15)25-2)21-18(23)12-10-20-22(11-12)14-5-3-13(19)4-6-14/h3-11H,1-2H3,(H,21,23). The molecule has 0 fully saturated rings. The zero-order valence-corrected chi connectivity index (χ0v) is 13.7. The van der Waals surface area contributed by atoms with Crippen molar-refractivity contribution in [1.29, 1.82) is 0 Å². The molecule has 1 heterocycles. The van der Waals surface area contributed by atoms with E-state index in [9.17, 15) is 9.18 Å². The Labute approximate surface area is 143 Å². The van der Waals surface area contributed by atoms with Crippen LogP contribution in [0.2, 0.25) is 0 Å². The van der Waals surface area contributed by atoms with Crippen molar-refractivity contribution in [2.45, 2.75) is 0 Å². The molecule has 0 radical (unpaired) electrons. The van der Waals surface area contributed by atoms with Gasteiger partial charge >= 0.3 is 0 Å². The van der Waals surface area contributed by atoms with Gasteiger partial charge in [-0.05, 0) is 36.4 Å². The highest BCUT2D eigenvalue weighted by Crippen LogP contribution is 2.29. The molecule has 1 N–H and O–H groups in total. The number of hydrogen-bond donors (Lipinski definition) is 1. The molecule has 0 aliphatic heterocycles. The van der Waals surface area contributed by atoms with Gasteiger partial charge in [-0.25, -0.2) is 9.07 Å². The van der Waals surface area contributed by atoms with Gasteiger partial charge in [0.15, 0.2) is 0 Å². The van der Waals surface area contributed by atoms with Crippen LogP contribution >= 0.6 is 0 Å². The monoisotopic (exact) mass is 341 g/mol. The van der Waals surface area contributed by atoms with Gasteiger partial charge < -0.3 is 14.8 Å². The molecule has 0 aliphatic rings. The fourth-order valence-corrected chi connectivity index (χ4v) is 2.27. The molecule has 0 saturated carbocycles. The first-order valence-corrected chi connectivity index (χ1v) is 7.44. The highest BCUT2D eigenvalue weighted by molar-refractivity contribution is 6.04. The summed E-state index contributed by atoms with van der Waals surface area (Å²) in [7, 11) is 3.06. The van der Waals surface area contributed by atoms with Gasteiger partial charge in [-0.3, -0.25) is 4.79 Å². The quantitative estimate of drug-likeness (QED) is 0.773. The number of nitrogens with zero attached hydrogens (tertiary/aromatic N) is 2. The van der Waals surface area contributed by atoms with E-state index in [1.54, 1.807) is 43.6 Å². The highest BCUT2D eigenvalue weighted by atomic mass is 19.1. The number of rotatable bonds is 5. The lowest BCUT2D eigenvalue weighted by Crippen LogP contribution is -2.12. The van der Waals surface area contributed by atoms with E-state index in [2.05, 4.69) is 10.4 Å². The Hall–Kier alpha value is -3.35. The second-order valence-electron chi connectivity index (χ2n) is 5.17. The molecular weight excluding hydrogens is 325 g/mol. The first-order chi connectivity index (χ1) is 12.1. The summed E-state index contributed by atoms with van der Waals surface area (Å²) in [4.78, 5) is 12.4. The van der Waals surface area contributed by atoms with E-state index in [4.69, 9.17) is 9.47 Å². The van der Waals surface area contributed by atoms with Crippen LogP contribution < -0.4 is 14.8 Å². The van der Waals surface area contributed by atoms with E-state index in [1.807, 2.05) is 0 Å². The van der Waals surface area contributed by atoms with E-state index in [-0.39, 0.29) is 11.7 Å². The normalized spacial score (nSPS) is 10.4. The Morgan fingerprint density at radius 1 is 1.12 bits per heavy atom. The summed E-state index contributed by atoms with van der Waals surface area (Å²) < 4.78 is 24.9. The number of carbonyl (C=O) groups is 1. The summed E-state index contributed by atoms with van der Waals surface area (Å²) in [6.45, 7) is 0. The maximum absolute atomic E-state index is 13.0. The average Bonchev–Trinajstić information content (AvgIpc) is 3.13. The first kappa shape index (κ1) is 16.5. The summed E-state index contributed by atoms with van der Waals surface area (Å²) in [5, 5.41) is 6.90. The molecule has 25 heavy (non-hydrogen) atoms. The van der Waals surface area contributed by atoms with Crippen molar-refractivity contribution < 1.29 is 18.7 Å². The molecule has 0 spiro atoms. The largest absolute Gasteiger partial charge is 0.497 e. The number of benzene rings is 2. The Kier molecular flexibility index (Phi) is 4.65. The minimum atomic E-state index is -0.336. The maximum Gasteiger partial charge on any atom is 0.258 e. The molecule has 0 atom stereocenters. The minimum absolute atomic E-state index is 0.333. The van der Waals surface area contributed by atoms with E-state index in [0.717, 1.165) is 0 Å². The number of amides is 1. The molecule has 6 nitrogen and oxygen atoms in total. The van der Waals surface area contributed by atoms with E-state index in [0.29, 0.717) is 28.4 Å². The third-order valence-electron chi connectivity index (χ3n) is 3.59. The molecule has 1 amide bonds. The van der Waals surface area contributed by atoms with Crippen molar-refractivity contribution in [3.8, 4) is 17.2 Å². The number of methoxy groups -OCH3 is 2. The van der Waals surface area contributed by atoms with E-state index < -0.39 is 0 Å². The fraction of sp³-hybridized carbons (Fsp3) is 0.111. The van der Waals surface area contributed by atoms with Crippen LogP contribution in [0.25, 0.3) is 5.69 Å². The molecule has 0 unspecified atom stereocenters. The second kappa shape index (κ2) is 7.04. The van der Waals surface area contributed by atoms with Gasteiger partial charge in [0.2, 0.25) is 0 Å². The summed E-state index contributed by atoms with van der Waals surface area (Å²) in [5.41, 5.74) is 1.53. The average molecular weight is 341 g/mol. The van der Waals surface area contributed by atoms with Gasteiger partial charge in [0.05, 0.1) is 37.4 Å². The van der Waals surface area contributed by atoms with Crippen molar-refractivity contribution >= 4 is 11.6 Å². The Morgan fingerprint density at radius 3 is 2.56 bits per heavy atom. The van der Waals surface area contributed by atoms with Gasteiger partial charge in [0.1, 0.15) is 17.3 Å². The van der Waals surface area contributed by atoms with Gasteiger partial charge in [-0.2, -0.15) is 5.10 Å². The Morgan fingerprint density at radius 2 is 1.88 bits per heavy atom. The van der Waals surface area contributed by atoms with Crippen LogP contribution in [0.3, 0.4) is 0 Å². The first-order valence-electron chi connectivity index (χ1n) is 7.44. The lowest BCUT2D eigenvalue weighted by Gasteiger charge is -2.11. The van der Waals surface area contributed by atoms with Crippen molar-refractivity contribution in [2.75, 3.05) is 19.5 Å². The van der Waals surface area contributed by atoms with Crippen molar-refractivity contribution in [1.82, 2.24) is 9.78 Å². The molecule has 7 heteroatoms. The SMILES string of the molecule is COc1ccc(NC(=O)c2cnn(-c3ccc(F)cc3)c2)c(OC)c1. The third-order valence-corrected chi connectivity index (χ3v) is 3.59. The van der Waals surface area contributed by atoms with Crippen LogP contribution in [0.1, 0.15) is 10.4 Å². The molecule has 1 aromatic heterocycles. The Balaban J connectivity index is 1.79. The van der Waals surface area contributed by atoms with Crippen molar-refractivity contribution in [2.24, 2.45) is 0 Å². The molecule has 0 aliphatic carbocycles. The minimum Gasteiger partial charge on any atom is -0.497 e. The van der Waals surface area contributed by atoms with Crippen LogP contribution in [-0.2, 0) is 0 Å². The molecule has 3 rings (SSSR count). The lowest BCUT2D eigenvalue weighted by molar-refractivity contribution is 0.102. The van der Waals surface area contributed by atoms with Crippen LogP contribution in [-0.4, -0.2) is 29.9 Å². The van der Waals surface area contributed by atoms with Gasteiger partial charge in [0.25, 0.3) is 5.91 Å². The van der Waals surface area contributed by atoms with Crippen LogP contribution in [0.4, 0.5) is 10.1 Å². The molecule has 2 aromatic carbocycles. The van der Waals surface area contributed by atoms with Gasteiger partial charge in [0, 0.05) is 12.3 Å².